The van der Waals surface area contributed by atoms with Gasteiger partial charge in [-0.15, -0.1) is 11.3 Å². The zero-order chi connectivity index (χ0) is 13.5. The van der Waals surface area contributed by atoms with Crippen molar-refractivity contribution in [2.75, 3.05) is 6.54 Å². The maximum absolute atomic E-state index is 3.82. The van der Waals surface area contributed by atoms with Gasteiger partial charge in [0.1, 0.15) is 0 Å². The summed E-state index contributed by atoms with van der Waals surface area (Å²) in [4.78, 5) is 0. The van der Waals surface area contributed by atoms with E-state index in [0.717, 1.165) is 6.42 Å². The SMILES string of the molecule is CC(C)(C)C1(Cc2csc3ccccc23)CCCN1. The summed E-state index contributed by atoms with van der Waals surface area (Å²) in [6, 6.07) is 8.79. The van der Waals surface area contributed by atoms with Crippen molar-refractivity contribution in [3.63, 3.8) is 0 Å². The van der Waals surface area contributed by atoms with E-state index in [2.05, 4.69) is 55.7 Å². The molecule has 1 saturated heterocycles. The van der Waals surface area contributed by atoms with E-state index in [1.807, 2.05) is 11.3 Å². The van der Waals surface area contributed by atoms with Gasteiger partial charge in [-0.3, -0.25) is 0 Å². The maximum Gasteiger partial charge on any atom is 0.0345 e. The quantitative estimate of drug-likeness (QED) is 0.842. The molecular formula is C17H23NS. The summed E-state index contributed by atoms with van der Waals surface area (Å²) in [5.41, 5.74) is 2.08. The lowest BCUT2D eigenvalue weighted by Gasteiger charge is -2.42. The van der Waals surface area contributed by atoms with E-state index in [9.17, 15) is 0 Å². The van der Waals surface area contributed by atoms with Crippen molar-refractivity contribution in [3.05, 3.63) is 35.2 Å². The molecule has 1 aromatic carbocycles. The zero-order valence-corrected chi connectivity index (χ0v) is 12.9. The fourth-order valence-electron chi connectivity index (χ4n) is 3.36. The molecule has 0 bridgehead atoms. The first-order chi connectivity index (χ1) is 9.02. The fraction of sp³-hybridized carbons (Fsp3) is 0.529. The third kappa shape index (κ3) is 2.21. The van der Waals surface area contributed by atoms with E-state index >= 15 is 0 Å². The Morgan fingerprint density at radius 3 is 2.74 bits per heavy atom. The van der Waals surface area contributed by atoms with Crippen LogP contribution in [-0.4, -0.2) is 12.1 Å². The molecule has 0 amide bonds. The number of fused-ring (bicyclic) bond motifs is 1. The molecule has 0 saturated carbocycles. The summed E-state index contributed by atoms with van der Waals surface area (Å²) >= 11 is 1.88. The topological polar surface area (TPSA) is 12.0 Å². The monoisotopic (exact) mass is 273 g/mol. The number of benzene rings is 1. The second-order valence-electron chi connectivity index (χ2n) is 6.80. The van der Waals surface area contributed by atoms with E-state index in [1.165, 1.54) is 35.0 Å². The Kier molecular flexibility index (Phi) is 3.18. The van der Waals surface area contributed by atoms with Crippen molar-refractivity contribution in [3.8, 4) is 0 Å². The number of nitrogens with one attached hydrogen (secondary N) is 1. The lowest BCUT2D eigenvalue weighted by Crippen LogP contribution is -2.52. The maximum atomic E-state index is 3.82. The van der Waals surface area contributed by atoms with E-state index < -0.39 is 0 Å². The molecule has 0 spiro atoms. The first kappa shape index (κ1) is 13.1. The van der Waals surface area contributed by atoms with Gasteiger partial charge in [0.05, 0.1) is 0 Å². The second kappa shape index (κ2) is 4.60. The largest absolute Gasteiger partial charge is 0.310 e. The molecule has 1 N–H and O–H groups in total. The van der Waals surface area contributed by atoms with Gasteiger partial charge >= 0.3 is 0 Å². The lowest BCUT2D eigenvalue weighted by molar-refractivity contribution is 0.160. The second-order valence-corrected chi connectivity index (χ2v) is 7.71. The van der Waals surface area contributed by atoms with Crippen molar-refractivity contribution in [2.45, 2.75) is 45.6 Å². The summed E-state index contributed by atoms with van der Waals surface area (Å²) in [5, 5.41) is 7.63. The Labute approximate surface area is 120 Å². The van der Waals surface area contributed by atoms with Crippen LogP contribution in [0.3, 0.4) is 0 Å². The molecule has 3 rings (SSSR count). The van der Waals surface area contributed by atoms with Crippen LogP contribution in [0.15, 0.2) is 29.6 Å². The van der Waals surface area contributed by atoms with Gasteiger partial charge in [-0.1, -0.05) is 39.0 Å². The van der Waals surface area contributed by atoms with Crippen LogP contribution in [0.4, 0.5) is 0 Å². The smallest absolute Gasteiger partial charge is 0.0345 e. The molecule has 0 aliphatic carbocycles. The first-order valence-corrected chi connectivity index (χ1v) is 8.10. The first-order valence-electron chi connectivity index (χ1n) is 7.22. The minimum absolute atomic E-state index is 0.261. The molecule has 2 heterocycles. The van der Waals surface area contributed by atoms with Crippen molar-refractivity contribution >= 4 is 21.4 Å². The molecule has 0 radical (unpaired) electrons. The van der Waals surface area contributed by atoms with Crippen LogP contribution in [0.2, 0.25) is 0 Å². The Bertz CT molecular complexity index is 570. The van der Waals surface area contributed by atoms with Crippen molar-refractivity contribution in [1.29, 1.82) is 0 Å². The third-order valence-corrected chi connectivity index (χ3v) is 5.75. The summed E-state index contributed by atoms with van der Waals surface area (Å²) < 4.78 is 1.42. The molecular weight excluding hydrogens is 250 g/mol. The van der Waals surface area contributed by atoms with Crippen molar-refractivity contribution < 1.29 is 0 Å². The average molecular weight is 273 g/mol. The predicted octanol–water partition coefficient (Wildman–Crippen LogP) is 4.61. The average Bonchev–Trinajstić information content (AvgIpc) is 2.98. The Hall–Kier alpha value is -0.860. The molecule has 2 heteroatoms. The van der Waals surface area contributed by atoms with Gasteiger partial charge < -0.3 is 5.32 Å². The molecule has 2 aromatic rings. The van der Waals surface area contributed by atoms with Crippen LogP contribution in [-0.2, 0) is 6.42 Å². The van der Waals surface area contributed by atoms with Crippen LogP contribution in [0, 0.1) is 5.41 Å². The highest BCUT2D eigenvalue weighted by Gasteiger charge is 2.43. The number of rotatable bonds is 2. The normalized spacial score (nSPS) is 24.2. The lowest BCUT2D eigenvalue weighted by atomic mass is 9.69. The summed E-state index contributed by atoms with van der Waals surface area (Å²) in [6.07, 6.45) is 3.75. The van der Waals surface area contributed by atoms with Gasteiger partial charge in [-0.2, -0.15) is 0 Å². The Morgan fingerprint density at radius 2 is 2.05 bits per heavy atom. The van der Waals surface area contributed by atoms with Gasteiger partial charge in [0.25, 0.3) is 0 Å². The third-order valence-electron chi connectivity index (χ3n) is 4.73. The predicted molar refractivity (Wildman–Crippen MR) is 85.0 cm³/mol. The molecule has 1 aromatic heterocycles. The van der Waals surface area contributed by atoms with E-state index in [-0.39, 0.29) is 5.54 Å². The molecule has 1 nitrogen and oxygen atoms in total. The van der Waals surface area contributed by atoms with Gasteiger partial charge in [-0.05, 0) is 53.6 Å². The highest BCUT2D eigenvalue weighted by Crippen LogP contribution is 2.41. The van der Waals surface area contributed by atoms with E-state index in [1.54, 1.807) is 0 Å². The molecule has 19 heavy (non-hydrogen) atoms. The number of hydrogen-bond donors (Lipinski definition) is 1. The fourth-order valence-corrected chi connectivity index (χ4v) is 4.32. The minimum Gasteiger partial charge on any atom is -0.310 e. The van der Waals surface area contributed by atoms with E-state index in [4.69, 9.17) is 0 Å². The van der Waals surface area contributed by atoms with Crippen LogP contribution in [0.5, 0.6) is 0 Å². The highest BCUT2D eigenvalue weighted by atomic mass is 32.1. The van der Waals surface area contributed by atoms with Crippen LogP contribution in [0.1, 0.15) is 39.2 Å². The summed E-state index contributed by atoms with van der Waals surface area (Å²) in [7, 11) is 0. The molecule has 1 aliphatic rings. The number of thiophene rings is 1. The Morgan fingerprint density at radius 1 is 1.26 bits per heavy atom. The Balaban J connectivity index is 1.99. The van der Waals surface area contributed by atoms with Crippen LogP contribution < -0.4 is 5.32 Å². The van der Waals surface area contributed by atoms with Crippen molar-refractivity contribution in [2.24, 2.45) is 5.41 Å². The van der Waals surface area contributed by atoms with Crippen LogP contribution in [0.25, 0.3) is 10.1 Å². The summed E-state index contributed by atoms with van der Waals surface area (Å²) in [6.45, 7) is 8.29. The zero-order valence-electron chi connectivity index (χ0n) is 12.1. The number of hydrogen-bond acceptors (Lipinski definition) is 2. The molecule has 1 unspecified atom stereocenters. The van der Waals surface area contributed by atoms with Gasteiger partial charge in [0.2, 0.25) is 0 Å². The van der Waals surface area contributed by atoms with E-state index in [0.29, 0.717) is 5.41 Å². The summed E-state index contributed by atoms with van der Waals surface area (Å²) in [5.74, 6) is 0. The molecule has 102 valence electrons. The minimum atomic E-state index is 0.261. The van der Waals surface area contributed by atoms with Crippen LogP contribution >= 0.6 is 11.3 Å². The van der Waals surface area contributed by atoms with Gasteiger partial charge in [0.15, 0.2) is 0 Å². The van der Waals surface area contributed by atoms with Gasteiger partial charge in [-0.25, -0.2) is 0 Å². The van der Waals surface area contributed by atoms with Crippen molar-refractivity contribution in [1.82, 2.24) is 5.32 Å². The standard InChI is InChI=1S/C17H23NS/c1-16(2,3)17(9-6-10-18-17)11-13-12-19-15-8-5-4-7-14(13)15/h4-5,7-8,12,18H,6,9-11H2,1-3H3. The highest BCUT2D eigenvalue weighted by molar-refractivity contribution is 7.17. The molecule has 1 atom stereocenters. The molecule has 1 fully saturated rings. The molecule has 1 aliphatic heterocycles. The van der Waals surface area contributed by atoms with Gasteiger partial charge in [0, 0.05) is 10.2 Å².